The van der Waals surface area contributed by atoms with E-state index in [9.17, 15) is 9.90 Å². The molecule has 0 aliphatic heterocycles. The summed E-state index contributed by atoms with van der Waals surface area (Å²) >= 11 is 0. The summed E-state index contributed by atoms with van der Waals surface area (Å²) in [5.74, 6) is -0.685. The Morgan fingerprint density at radius 3 is 2.45 bits per heavy atom. The first kappa shape index (κ1) is 15.0. The maximum Gasteiger partial charge on any atom is 0.314 e. The lowest BCUT2D eigenvalue weighted by molar-refractivity contribution is -0.143. The third-order valence-corrected chi connectivity index (χ3v) is 4.54. The molecule has 1 aliphatic rings. The monoisotopic (exact) mass is 276 g/mol. The summed E-state index contributed by atoms with van der Waals surface area (Å²) in [6, 6.07) is 7.98. The predicted molar refractivity (Wildman–Crippen MR) is 79.1 cm³/mol. The van der Waals surface area contributed by atoms with E-state index in [2.05, 4.69) is 19.9 Å². The van der Waals surface area contributed by atoms with Crippen molar-refractivity contribution in [1.29, 1.82) is 0 Å². The van der Waals surface area contributed by atoms with Gasteiger partial charge in [-0.1, -0.05) is 51.0 Å². The molecule has 1 aromatic rings. The van der Waals surface area contributed by atoms with Gasteiger partial charge in [0.25, 0.3) is 0 Å². The Balaban J connectivity index is 2.54. The minimum absolute atomic E-state index is 0.184. The maximum atomic E-state index is 11.9. The van der Waals surface area contributed by atoms with Crippen LogP contribution in [0.2, 0.25) is 0 Å². The van der Waals surface area contributed by atoms with Crippen molar-refractivity contribution in [2.24, 2.45) is 0 Å². The highest BCUT2D eigenvalue weighted by Crippen LogP contribution is 2.45. The summed E-state index contributed by atoms with van der Waals surface area (Å²) in [7, 11) is 1.69. The lowest BCUT2D eigenvalue weighted by Gasteiger charge is -2.33. The highest BCUT2D eigenvalue weighted by molar-refractivity contribution is 5.82. The molecule has 1 fully saturated rings. The van der Waals surface area contributed by atoms with Gasteiger partial charge < -0.3 is 9.84 Å². The first-order valence-electron chi connectivity index (χ1n) is 7.26. The standard InChI is InChI=1S/C17H24O3/c1-16(2,12-20-3)13-8-4-5-9-14(13)17(15(18)19)10-6-7-11-17/h4-5,8-9H,6-7,10-12H2,1-3H3,(H,18,19). The van der Waals surface area contributed by atoms with Gasteiger partial charge in [0.15, 0.2) is 0 Å². The number of carboxylic acids is 1. The van der Waals surface area contributed by atoms with Crippen molar-refractivity contribution in [2.45, 2.75) is 50.4 Å². The quantitative estimate of drug-likeness (QED) is 0.895. The van der Waals surface area contributed by atoms with E-state index in [1.54, 1.807) is 7.11 Å². The molecule has 0 heterocycles. The number of rotatable bonds is 5. The third-order valence-electron chi connectivity index (χ3n) is 4.54. The molecule has 20 heavy (non-hydrogen) atoms. The molecule has 0 atom stereocenters. The van der Waals surface area contributed by atoms with E-state index in [4.69, 9.17) is 4.74 Å². The van der Waals surface area contributed by atoms with Crippen LogP contribution in [0.1, 0.15) is 50.7 Å². The number of methoxy groups -OCH3 is 1. The van der Waals surface area contributed by atoms with E-state index in [0.29, 0.717) is 6.61 Å². The van der Waals surface area contributed by atoms with Gasteiger partial charge in [-0.3, -0.25) is 4.79 Å². The van der Waals surface area contributed by atoms with Crippen LogP contribution in [0.4, 0.5) is 0 Å². The molecule has 0 saturated heterocycles. The largest absolute Gasteiger partial charge is 0.481 e. The Bertz CT molecular complexity index is 485. The van der Waals surface area contributed by atoms with Gasteiger partial charge in [-0.05, 0) is 24.0 Å². The second-order valence-electron chi connectivity index (χ2n) is 6.46. The summed E-state index contributed by atoms with van der Waals surface area (Å²) in [5.41, 5.74) is 1.19. The molecule has 2 rings (SSSR count). The fraction of sp³-hybridized carbons (Fsp3) is 0.588. The van der Waals surface area contributed by atoms with E-state index >= 15 is 0 Å². The Labute approximate surface area is 121 Å². The van der Waals surface area contributed by atoms with Crippen molar-refractivity contribution in [3.8, 4) is 0 Å². The van der Waals surface area contributed by atoms with E-state index < -0.39 is 11.4 Å². The molecule has 1 N–H and O–H groups in total. The molecule has 0 unspecified atom stereocenters. The van der Waals surface area contributed by atoms with Crippen LogP contribution in [0.25, 0.3) is 0 Å². The van der Waals surface area contributed by atoms with Crippen LogP contribution in [-0.2, 0) is 20.4 Å². The molecular weight excluding hydrogens is 252 g/mol. The van der Waals surface area contributed by atoms with Gasteiger partial charge in [0.2, 0.25) is 0 Å². The van der Waals surface area contributed by atoms with E-state index in [1.807, 2.05) is 18.2 Å². The summed E-state index contributed by atoms with van der Waals surface area (Å²) in [6.45, 7) is 4.80. The maximum absolute atomic E-state index is 11.9. The first-order chi connectivity index (χ1) is 9.44. The van der Waals surface area contributed by atoms with Crippen LogP contribution in [-0.4, -0.2) is 24.8 Å². The van der Waals surface area contributed by atoms with Gasteiger partial charge in [0.05, 0.1) is 12.0 Å². The summed E-state index contributed by atoms with van der Waals surface area (Å²) in [5, 5.41) is 9.81. The lowest BCUT2D eigenvalue weighted by Crippen LogP contribution is -2.37. The molecule has 3 heteroatoms. The van der Waals surface area contributed by atoms with Crippen LogP contribution in [0.15, 0.2) is 24.3 Å². The van der Waals surface area contributed by atoms with Crippen LogP contribution in [0, 0.1) is 0 Å². The molecular formula is C17H24O3. The molecule has 1 saturated carbocycles. The van der Waals surface area contributed by atoms with Gasteiger partial charge in [-0.2, -0.15) is 0 Å². The van der Waals surface area contributed by atoms with Crippen molar-refractivity contribution < 1.29 is 14.6 Å². The lowest BCUT2D eigenvalue weighted by atomic mass is 9.71. The topological polar surface area (TPSA) is 46.5 Å². The smallest absolute Gasteiger partial charge is 0.314 e. The Kier molecular flexibility index (Phi) is 4.19. The fourth-order valence-corrected chi connectivity index (χ4v) is 3.51. The van der Waals surface area contributed by atoms with Crippen LogP contribution < -0.4 is 0 Å². The van der Waals surface area contributed by atoms with Crippen LogP contribution in [0.3, 0.4) is 0 Å². The number of benzene rings is 1. The number of aliphatic carboxylic acids is 1. The highest BCUT2D eigenvalue weighted by Gasteiger charge is 2.45. The summed E-state index contributed by atoms with van der Waals surface area (Å²) in [6.07, 6.45) is 3.46. The Morgan fingerprint density at radius 1 is 1.30 bits per heavy atom. The zero-order valence-corrected chi connectivity index (χ0v) is 12.6. The molecule has 110 valence electrons. The van der Waals surface area contributed by atoms with Gasteiger partial charge in [-0.15, -0.1) is 0 Å². The second-order valence-corrected chi connectivity index (χ2v) is 6.46. The molecule has 0 aromatic heterocycles. The van der Waals surface area contributed by atoms with E-state index in [0.717, 1.165) is 36.8 Å². The van der Waals surface area contributed by atoms with E-state index in [-0.39, 0.29) is 5.41 Å². The van der Waals surface area contributed by atoms with Crippen molar-refractivity contribution >= 4 is 5.97 Å². The number of carbonyl (C=O) groups is 1. The highest BCUT2D eigenvalue weighted by atomic mass is 16.5. The van der Waals surface area contributed by atoms with Gasteiger partial charge >= 0.3 is 5.97 Å². The molecule has 0 radical (unpaired) electrons. The zero-order chi connectivity index (χ0) is 14.8. The Hall–Kier alpha value is -1.35. The van der Waals surface area contributed by atoms with Crippen molar-refractivity contribution in [3.05, 3.63) is 35.4 Å². The van der Waals surface area contributed by atoms with Crippen LogP contribution in [0.5, 0.6) is 0 Å². The SMILES string of the molecule is COCC(C)(C)c1ccccc1C1(C(=O)O)CCCC1. The number of carboxylic acid groups (broad SMARTS) is 1. The normalized spacial score (nSPS) is 18.1. The number of ether oxygens (including phenoxy) is 1. The van der Waals surface area contributed by atoms with Gasteiger partial charge in [0, 0.05) is 12.5 Å². The van der Waals surface area contributed by atoms with Gasteiger partial charge in [-0.25, -0.2) is 0 Å². The molecule has 3 nitrogen and oxygen atoms in total. The molecule has 0 amide bonds. The van der Waals surface area contributed by atoms with Crippen molar-refractivity contribution in [2.75, 3.05) is 13.7 Å². The summed E-state index contributed by atoms with van der Waals surface area (Å²) < 4.78 is 5.32. The minimum Gasteiger partial charge on any atom is -0.481 e. The number of hydrogen-bond donors (Lipinski definition) is 1. The third kappa shape index (κ3) is 2.47. The second kappa shape index (κ2) is 5.57. The zero-order valence-electron chi connectivity index (χ0n) is 12.6. The van der Waals surface area contributed by atoms with Crippen molar-refractivity contribution in [1.82, 2.24) is 0 Å². The summed E-state index contributed by atoms with van der Waals surface area (Å²) in [4.78, 5) is 11.9. The first-order valence-corrected chi connectivity index (χ1v) is 7.26. The minimum atomic E-state index is -0.707. The molecule has 1 aliphatic carbocycles. The fourth-order valence-electron chi connectivity index (χ4n) is 3.51. The van der Waals surface area contributed by atoms with Crippen LogP contribution >= 0.6 is 0 Å². The Morgan fingerprint density at radius 2 is 1.90 bits per heavy atom. The van der Waals surface area contributed by atoms with Crippen molar-refractivity contribution in [3.63, 3.8) is 0 Å². The average Bonchev–Trinajstić information content (AvgIpc) is 2.89. The number of hydrogen-bond acceptors (Lipinski definition) is 2. The molecule has 0 spiro atoms. The van der Waals surface area contributed by atoms with Gasteiger partial charge in [0.1, 0.15) is 0 Å². The predicted octanol–water partition coefficient (Wildman–Crippen LogP) is 3.51. The average molecular weight is 276 g/mol. The molecule has 0 bridgehead atoms. The molecule has 1 aromatic carbocycles. The van der Waals surface area contributed by atoms with E-state index in [1.165, 1.54) is 0 Å².